The van der Waals surface area contributed by atoms with Crippen LogP contribution in [-0.4, -0.2) is 24.6 Å². The van der Waals surface area contributed by atoms with E-state index in [1.54, 1.807) is 0 Å². The average molecular weight is 239 g/mol. The summed E-state index contributed by atoms with van der Waals surface area (Å²) < 4.78 is 0. The molecule has 0 aromatic heterocycles. The molecule has 0 heterocycles. The molecule has 0 unspecified atom stereocenters. The number of hydrogen-bond donors (Lipinski definition) is 0. The van der Waals surface area contributed by atoms with Crippen LogP contribution in [0.15, 0.2) is 0 Å². The molecule has 0 rings (SSSR count). The van der Waals surface area contributed by atoms with E-state index in [0.29, 0.717) is 0 Å². The summed E-state index contributed by atoms with van der Waals surface area (Å²) in [4.78, 5) is 35.5. The summed E-state index contributed by atoms with van der Waals surface area (Å²) in [5.74, 6) is 0.167. The molecule has 0 saturated carbocycles. The Morgan fingerprint density at radius 3 is 0.786 bits per heavy atom. The smallest absolute Gasteiger partial charge is 0.542 e. The largest absolute Gasteiger partial charge is 3.00 e. The van der Waals surface area contributed by atoms with Crippen LogP contribution in [-0.2, 0) is 36.5 Å². The van der Waals surface area contributed by atoms with Crippen molar-refractivity contribution in [2.45, 2.75) is 34.6 Å². The first-order valence-electron chi connectivity index (χ1n) is 3.32. The van der Waals surface area contributed by atoms with Crippen LogP contribution in [0.25, 0.3) is 0 Å². The second kappa shape index (κ2) is 56.5. The maximum absolute atomic E-state index is 9.44. The van der Waals surface area contributed by atoms with Gasteiger partial charge in [0.2, 0.25) is 0 Å². The minimum atomic E-state index is 0. The van der Waals surface area contributed by atoms with Crippen LogP contribution >= 0.6 is 0 Å². The van der Waals surface area contributed by atoms with E-state index in [9.17, 15) is 4.79 Å². The van der Waals surface area contributed by atoms with Gasteiger partial charge in [0.05, 0.1) is 0 Å². The van der Waals surface area contributed by atoms with Gasteiger partial charge in [-0.05, 0) is 13.8 Å². The van der Waals surface area contributed by atoms with Gasteiger partial charge in [-0.1, -0.05) is 0 Å². The first kappa shape index (κ1) is 29.2. The first-order valence-corrected chi connectivity index (χ1v) is 3.32. The third-order valence-electron chi connectivity index (χ3n) is 0. The van der Waals surface area contributed by atoms with Gasteiger partial charge in [0.15, 0.2) is 0 Å². The molecule has 0 fully saturated rings. The van der Waals surface area contributed by atoms with Gasteiger partial charge >= 0.3 is 17.4 Å². The van der Waals surface area contributed by atoms with Crippen LogP contribution in [0.2, 0.25) is 0 Å². The number of carbonyl (C=O) groups excluding carboxylic acids is 4. The molecule has 4 nitrogen and oxygen atoms in total. The van der Waals surface area contributed by atoms with Crippen molar-refractivity contribution in [2.75, 3.05) is 0 Å². The minimum absolute atomic E-state index is 0. The Kier molecular flexibility index (Phi) is 118. The fourth-order valence-electron chi connectivity index (χ4n) is 0. The Balaban J connectivity index is -0.0000000254. The van der Waals surface area contributed by atoms with Crippen LogP contribution < -0.4 is 0 Å². The topological polar surface area (TPSA) is 68.3 Å². The summed E-state index contributed by atoms with van der Waals surface area (Å²) >= 11 is 0. The van der Waals surface area contributed by atoms with Crippen molar-refractivity contribution in [3.05, 3.63) is 0 Å². The van der Waals surface area contributed by atoms with Gasteiger partial charge in [0.25, 0.3) is 0 Å². The molecule has 1 radical (unpaired) electrons. The van der Waals surface area contributed by atoms with E-state index in [2.05, 4.69) is 0 Å². The second-order valence-electron chi connectivity index (χ2n) is 1.52. The molecule has 0 aliphatic rings. The Morgan fingerprint density at radius 2 is 0.786 bits per heavy atom. The van der Waals surface area contributed by atoms with E-state index >= 15 is 0 Å². The zero-order chi connectivity index (χ0) is 11.7. The van der Waals surface area contributed by atoms with E-state index in [4.69, 9.17) is 14.4 Å². The molecule has 0 aliphatic carbocycles. The molecule has 0 aliphatic heterocycles. The Bertz CT molecular complexity index is 106. The molecule has 0 saturated heterocycles. The molecule has 14 heavy (non-hydrogen) atoms. The van der Waals surface area contributed by atoms with Gasteiger partial charge < -0.3 is 19.2 Å². The van der Waals surface area contributed by atoms with Gasteiger partial charge in [-0.2, -0.15) is 20.8 Å². The first-order chi connectivity index (χ1) is 5.97. The van der Waals surface area contributed by atoms with E-state index in [-0.39, 0.29) is 23.1 Å². The van der Waals surface area contributed by atoms with Crippen molar-refractivity contribution in [3.63, 3.8) is 0 Å². The maximum atomic E-state index is 9.44. The number of rotatable bonds is 0. The molecule has 0 aromatic carbocycles. The summed E-state index contributed by atoms with van der Waals surface area (Å²) in [5.41, 5.74) is 0. The van der Waals surface area contributed by atoms with Gasteiger partial charge in [0.1, 0.15) is 5.78 Å². The summed E-state index contributed by atoms with van der Waals surface area (Å²) in [6, 6.07) is 0. The Labute approximate surface area is 96.2 Å². The van der Waals surface area contributed by atoms with Gasteiger partial charge in [-0.15, -0.1) is 0 Å². The number of hydrogen-bond acceptors (Lipinski definition) is 4. The summed E-state index contributed by atoms with van der Waals surface area (Å²) in [5, 5.41) is 0. The average Bonchev–Trinajstić information content (AvgIpc) is 1.88. The molecule has 5 heteroatoms. The molecular formula is C9H15CrO4. The molecule has 0 bridgehead atoms. The molecule has 81 valence electrons. The van der Waals surface area contributed by atoms with Crippen molar-refractivity contribution < 1.29 is 36.5 Å². The van der Waals surface area contributed by atoms with Crippen LogP contribution in [0.4, 0.5) is 0 Å². The number of carbonyl (C=O) groups is 1. The molecule has 0 amide bonds. The summed E-state index contributed by atoms with van der Waals surface area (Å²) in [6.45, 7) is 7.01. The summed E-state index contributed by atoms with van der Waals surface area (Å²) in [6.07, 6.45) is 4.50. The second-order valence-corrected chi connectivity index (χ2v) is 1.52. The van der Waals surface area contributed by atoms with Crippen molar-refractivity contribution >= 4 is 24.6 Å². The molecule has 0 N–H and O–H groups in total. The number of Topliss-reactive ketones (excluding diaryl/α,β-unsaturated/α-hetero) is 1. The zero-order valence-electron chi connectivity index (χ0n) is 9.04. The van der Waals surface area contributed by atoms with E-state index in [0.717, 1.165) is 0 Å². The number of ketones is 1. The SMILES string of the molecule is CC(C)=O.C[C-]=O.C[C-]=O.C[C-]=O.[Cr+3]. The quantitative estimate of drug-likeness (QED) is 0.590. The summed E-state index contributed by atoms with van der Waals surface area (Å²) in [7, 11) is 0. The molecular weight excluding hydrogens is 224 g/mol. The van der Waals surface area contributed by atoms with Crippen LogP contribution in [0.5, 0.6) is 0 Å². The third-order valence-corrected chi connectivity index (χ3v) is 0. The Morgan fingerprint density at radius 1 is 0.786 bits per heavy atom. The minimum Gasteiger partial charge on any atom is -0.542 e. The third kappa shape index (κ3) is 1890. The van der Waals surface area contributed by atoms with Gasteiger partial charge in [0, 0.05) is 0 Å². The van der Waals surface area contributed by atoms with E-state index < -0.39 is 0 Å². The van der Waals surface area contributed by atoms with Crippen molar-refractivity contribution in [2.24, 2.45) is 0 Å². The zero-order valence-corrected chi connectivity index (χ0v) is 10.3. The van der Waals surface area contributed by atoms with Gasteiger partial charge in [-0.3, -0.25) is 18.9 Å². The fourth-order valence-corrected chi connectivity index (χ4v) is 0. The van der Waals surface area contributed by atoms with E-state index in [1.807, 2.05) is 0 Å². The predicted molar refractivity (Wildman–Crippen MR) is 50.5 cm³/mol. The fraction of sp³-hybridized carbons (Fsp3) is 0.556. The maximum Gasteiger partial charge on any atom is 3.00 e. The van der Waals surface area contributed by atoms with Crippen LogP contribution in [0.3, 0.4) is 0 Å². The molecule has 0 spiro atoms. The normalized spacial score (nSPS) is 4.64. The molecule has 0 aromatic rings. The van der Waals surface area contributed by atoms with Crippen molar-refractivity contribution in [1.29, 1.82) is 0 Å². The van der Waals surface area contributed by atoms with Crippen molar-refractivity contribution in [3.8, 4) is 0 Å². The van der Waals surface area contributed by atoms with Crippen LogP contribution in [0.1, 0.15) is 34.6 Å². The Hall–Kier alpha value is -0.788. The van der Waals surface area contributed by atoms with Crippen LogP contribution in [0, 0.1) is 0 Å². The monoisotopic (exact) mass is 239 g/mol. The predicted octanol–water partition coefficient (Wildman–Crippen LogP) is 0.941. The van der Waals surface area contributed by atoms with E-state index in [1.165, 1.54) is 53.5 Å². The van der Waals surface area contributed by atoms with Crippen molar-refractivity contribution in [1.82, 2.24) is 0 Å². The molecule has 0 atom stereocenters. The standard InChI is InChI=1S/C3H6O.3C2H3O.Cr/c1-3(2)4;3*1-2-3;/h1-2H3;3*1H3;/q;3*-1;+3. The van der Waals surface area contributed by atoms with Gasteiger partial charge in [-0.25, -0.2) is 0 Å².